The normalized spacial score (nSPS) is 12.1. The molecule has 0 rings (SSSR count). The monoisotopic (exact) mass is 280 g/mol. The Balaban J connectivity index is 4.83. The summed E-state index contributed by atoms with van der Waals surface area (Å²) in [7, 11) is 0. The summed E-state index contributed by atoms with van der Waals surface area (Å²) in [5, 5.41) is 6.52. The quantitative estimate of drug-likeness (QED) is 0.366. The van der Waals surface area contributed by atoms with Crippen molar-refractivity contribution >= 4 is 5.96 Å². The number of aliphatic imine (C=N–C) groups is 1. The number of guanidine groups is 1. The number of rotatable bonds is 10. The Hall–Kier alpha value is -1.29. The largest absolute Gasteiger partial charge is 0.357 e. The van der Waals surface area contributed by atoms with E-state index in [1.54, 1.807) is 0 Å². The minimum Gasteiger partial charge on any atom is -0.357 e. The first-order valence-electron chi connectivity index (χ1n) is 7.58. The SMILES string of the molecule is C=CCN(CC=C)C(CN=C(NCC)NCC)C(C)C. The van der Waals surface area contributed by atoms with Gasteiger partial charge in [0.15, 0.2) is 5.96 Å². The van der Waals surface area contributed by atoms with E-state index in [2.05, 4.69) is 56.4 Å². The van der Waals surface area contributed by atoms with Crippen molar-refractivity contribution < 1.29 is 0 Å². The van der Waals surface area contributed by atoms with Crippen molar-refractivity contribution in [3.63, 3.8) is 0 Å². The van der Waals surface area contributed by atoms with Gasteiger partial charge in [0.2, 0.25) is 0 Å². The molecule has 1 unspecified atom stereocenters. The van der Waals surface area contributed by atoms with Crippen molar-refractivity contribution in [2.24, 2.45) is 10.9 Å². The second kappa shape index (κ2) is 11.5. The highest BCUT2D eigenvalue weighted by molar-refractivity contribution is 5.79. The van der Waals surface area contributed by atoms with Gasteiger partial charge in [-0.05, 0) is 19.8 Å². The Morgan fingerprint density at radius 1 is 1.10 bits per heavy atom. The maximum Gasteiger partial charge on any atom is 0.191 e. The zero-order valence-corrected chi connectivity index (χ0v) is 13.7. The molecule has 0 saturated heterocycles. The van der Waals surface area contributed by atoms with Crippen LogP contribution in [0, 0.1) is 5.92 Å². The van der Waals surface area contributed by atoms with E-state index in [1.807, 2.05) is 12.2 Å². The predicted octanol–water partition coefficient (Wildman–Crippen LogP) is 2.26. The Bertz CT molecular complexity index is 279. The highest BCUT2D eigenvalue weighted by Crippen LogP contribution is 2.11. The third-order valence-corrected chi connectivity index (χ3v) is 3.09. The van der Waals surface area contributed by atoms with Crippen molar-refractivity contribution in [2.75, 3.05) is 32.7 Å². The van der Waals surface area contributed by atoms with Crippen LogP contribution >= 0.6 is 0 Å². The van der Waals surface area contributed by atoms with Gasteiger partial charge in [0.1, 0.15) is 0 Å². The van der Waals surface area contributed by atoms with E-state index >= 15 is 0 Å². The van der Waals surface area contributed by atoms with Crippen molar-refractivity contribution in [3.05, 3.63) is 25.3 Å². The zero-order valence-electron chi connectivity index (χ0n) is 13.7. The number of hydrogen-bond donors (Lipinski definition) is 2. The lowest BCUT2D eigenvalue weighted by molar-refractivity contribution is 0.195. The molecule has 0 aliphatic rings. The lowest BCUT2D eigenvalue weighted by Crippen LogP contribution is -2.43. The molecule has 0 heterocycles. The van der Waals surface area contributed by atoms with Crippen molar-refractivity contribution in [1.82, 2.24) is 15.5 Å². The van der Waals surface area contributed by atoms with Gasteiger partial charge in [-0.3, -0.25) is 9.89 Å². The Morgan fingerprint density at radius 3 is 1.95 bits per heavy atom. The van der Waals surface area contributed by atoms with Crippen molar-refractivity contribution in [1.29, 1.82) is 0 Å². The molecule has 0 saturated carbocycles. The van der Waals surface area contributed by atoms with Crippen LogP contribution in [0.25, 0.3) is 0 Å². The van der Waals surface area contributed by atoms with Crippen LogP contribution in [0.5, 0.6) is 0 Å². The fourth-order valence-electron chi connectivity index (χ4n) is 2.12. The van der Waals surface area contributed by atoms with Crippen LogP contribution in [-0.4, -0.2) is 49.6 Å². The maximum absolute atomic E-state index is 4.69. The van der Waals surface area contributed by atoms with Gasteiger partial charge >= 0.3 is 0 Å². The lowest BCUT2D eigenvalue weighted by atomic mass is 10.0. The number of nitrogens with zero attached hydrogens (tertiary/aromatic N) is 2. The minimum absolute atomic E-state index is 0.387. The molecule has 0 bridgehead atoms. The average Bonchev–Trinajstić information content (AvgIpc) is 2.39. The van der Waals surface area contributed by atoms with Gasteiger partial charge in [-0.25, -0.2) is 0 Å². The van der Waals surface area contributed by atoms with Crippen LogP contribution in [0.1, 0.15) is 27.7 Å². The topological polar surface area (TPSA) is 39.7 Å². The first-order valence-corrected chi connectivity index (χ1v) is 7.58. The molecule has 0 aliphatic heterocycles. The summed E-state index contributed by atoms with van der Waals surface area (Å²) in [5.41, 5.74) is 0. The second-order valence-corrected chi connectivity index (χ2v) is 5.09. The van der Waals surface area contributed by atoms with Crippen molar-refractivity contribution in [3.8, 4) is 0 Å². The van der Waals surface area contributed by atoms with E-state index in [-0.39, 0.29) is 0 Å². The fraction of sp³-hybridized carbons (Fsp3) is 0.688. The predicted molar refractivity (Wildman–Crippen MR) is 90.2 cm³/mol. The lowest BCUT2D eigenvalue weighted by Gasteiger charge is -2.32. The van der Waals surface area contributed by atoms with Gasteiger partial charge < -0.3 is 10.6 Å². The molecule has 0 aliphatic carbocycles. The molecule has 4 heteroatoms. The van der Waals surface area contributed by atoms with E-state index in [0.717, 1.165) is 38.7 Å². The second-order valence-electron chi connectivity index (χ2n) is 5.09. The van der Waals surface area contributed by atoms with Gasteiger partial charge in [-0.2, -0.15) is 0 Å². The van der Waals surface area contributed by atoms with Gasteiger partial charge in [-0.15, -0.1) is 13.2 Å². The number of hydrogen-bond acceptors (Lipinski definition) is 2. The van der Waals surface area contributed by atoms with Gasteiger partial charge in [-0.1, -0.05) is 26.0 Å². The molecule has 0 aromatic rings. The van der Waals surface area contributed by atoms with Crippen LogP contribution in [-0.2, 0) is 0 Å². The summed E-state index contributed by atoms with van der Waals surface area (Å²) in [6, 6.07) is 0.387. The molecular formula is C16H32N4. The highest BCUT2D eigenvalue weighted by atomic mass is 15.2. The van der Waals surface area contributed by atoms with E-state index in [9.17, 15) is 0 Å². The van der Waals surface area contributed by atoms with Crippen LogP contribution in [0.3, 0.4) is 0 Å². The maximum atomic E-state index is 4.69. The van der Waals surface area contributed by atoms with E-state index in [1.165, 1.54) is 0 Å². The highest BCUT2D eigenvalue weighted by Gasteiger charge is 2.19. The molecule has 116 valence electrons. The molecule has 0 radical (unpaired) electrons. The summed E-state index contributed by atoms with van der Waals surface area (Å²) in [5.74, 6) is 1.42. The summed E-state index contributed by atoms with van der Waals surface area (Å²) in [6.07, 6.45) is 3.89. The molecular weight excluding hydrogens is 248 g/mol. The molecule has 0 fully saturated rings. The Kier molecular flexibility index (Phi) is 10.8. The van der Waals surface area contributed by atoms with Crippen LogP contribution < -0.4 is 10.6 Å². The van der Waals surface area contributed by atoms with Crippen LogP contribution in [0.4, 0.5) is 0 Å². The molecule has 0 aromatic heterocycles. The average molecular weight is 280 g/mol. The molecule has 20 heavy (non-hydrogen) atoms. The molecule has 2 N–H and O–H groups in total. The summed E-state index contributed by atoms with van der Waals surface area (Å²) in [6.45, 7) is 20.6. The fourth-order valence-corrected chi connectivity index (χ4v) is 2.12. The first kappa shape index (κ1) is 18.7. The third-order valence-electron chi connectivity index (χ3n) is 3.09. The number of nitrogens with one attached hydrogen (secondary N) is 2. The zero-order chi connectivity index (χ0) is 15.4. The van der Waals surface area contributed by atoms with Crippen LogP contribution in [0.15, 0.2) is 30.3 Å². The minimum atomic E-state index is 0.387. The van der Waals surface area contributed by atoms with E-state index < -0.39 is 0 Å². The molecule has 1 atom stereocenters. The summed E-state index contributed by atoms with van der Waals surface area (Å²) in [4.78, 5) is 7.06. The molecule has 0 spiro atoms. The van der Waals surface area contributed by atoms with E-state index in [4.69, 9.17) is 4.99 Å². The van der Waals surface area contributed by atoms with Gasteiger partial charge in [0.05, 0.1) is 6.54 Å². The molecule has 4 nitrogen and oxygen atoms in total. The van der Waals surface area contributed by atoms with Gasteiger partial charge in [0.25, 0.3) is 0 Å². The Morgan fingerprint density at radius 2 is 1.60 bits per heavy atom. The third kappa shape index (κ3) is 7.34. The molecule has 0 aromatic carbocycles. The Labute approximate surface area is 125 Å². The standard InChI is InChI=1S/C16H32N4/c1-7-11-20(12-8-2)15(14(5)6)13-19-16(17-9-3)18-10-4/h7-8,14-15H,1-2,9-13H2,3-6H3,(H2,17,18,19). The smallest absolute Gasteiger partial charge is 0.191 e. The summed E-state index contributed by atoms with van der Waals surface area (Å²) < 4.78 is 0. The van der Waals surface area contributed by atoms with Crippen molar-refractivity contribution in [2.45, 2.75) is 33.7 Å². The first-order chi connectivity index (χ1) is 9.60. The van der Waals surface area contributed by atoms with Crippen LogP contribution in [0.2, 0.25) is 0 Å². The van der Waals surface area contributed by atoms with E-state index in [0.29, 0.717) is 12.0 Å². The summed E-state index contributed by atoms with van der Waals surface area (Å²) >= 11 is 0. The van der Waals surface area contributed by atoms with Gasteiger partial charge in [0, 0.05) is 32.2 Å². The molecule has 0 amide bonds.